The summed E-state index contributed by atoms with van der Waals surface area (Å²) in [5.74, 6) is 0.840. The van der Waals surface area contributed by atoms with E-state index in [1.165, 1.54) is 0 Å². The summed E-state index contributed by atoms with van der Waals surface area (Å²) in [6, 6.07) is 20.0. The summed E-state index contributed by atoms with van der Waals surface area (Å²) < 4.78 is 31.6. The van der Waals surface area contributed by atoms with Gasteiger partial charge in [0.1, 0.15) is 11.7 Å². The number of benzene rings is 3. The summed E-state index contributed by atoms with van der Waals surface area (Å²) in [5.41, 5.74) is 10.0. The van der Waals surface area contributed by atoms with Crippen molar-refractivity contribution in [2.24, 2.45) is 5.73 Å². The number of aliphatic hydroxyl groups excluding tert-OH is 1. The monoisotopic (exact) mass is 562 g/mol. The molecule has 0 radical (unpaired) electrons. The summed E-state index contributed by atoms with van der Waals surface area (Å²) in [7, 11) is -3.81. The fourth-order valence-electron chi connectivity index (χ4n) is 4.89. The fourth-order valence-corrected chi connectivity index (χ4v) is 6.21. The minimum atomic E-state index is -3.81. The maximum Gasteiger partial charge on any atom is 0.262 e. The Morgan fingerprint density at radius 1 is 1.02 bits per heavy atom. The Balaban J connectivity index is 1.55. The molecule has 0 amide bonds. The lowest BCUT2D eigenvalue weighted by atomic mass is 10.1. The fraction of sp³-hybridized carbons (Fsp3) is 0.333. The molecule has 0 aliphatic rings. The van der Waals surface area contributed by atoms with E-state index in [0.717, 1.165) is 48.5 Å². The Morgan fingerprint density at radius 3 is 2.42 bits per heavy atom. The molecule has 4 rings (SSSR count). The molecule has 5 N–H and O–H groups in total. The molecule has 0 unspecified atom stereocenters. The zero-order valence-electron chi connectivity index (χ0n) is 23.1. The van der Waals surface area contributed by atoms with Crippen molar-refractivity contribution in [3.63, 3.8) is 0 Å². The zero-order chi connectivity index (χ0) is 28.7. The van der Waals surface area contributed by atoms with E-state index < -0.39 is 10.0 Å². The molecule has 0 spiro atoms. The number of likely N-dealkylation sites (N-methyl/N-ethyl adjacent to an activating group) is 1. The predicted molar refractivity (Wildman–Crippen MR) is 160 cm³/mol. The Kier molecular flexibility index (Phi) is 9.57. The van der Waals surface area contributed by atoms with Gasteiger partial charge < -0.3 is 20.3 Å². The Bertz CT molecular complexity index is 1560. The van der Waals surface area contributed by atoms with Crippen molar-refractivity contribution in [2.45, 2.75) is 44.6 Å². The second kappa shape index (κ2) is 13.1. The summed E-state index contributed by atoms with van der Waals surface area (Å²) in [4.78, 5) is 7.35. The molecule has 3 aromatic carbocycles. The number of nitrogens with one attached hydrogen (secondary N) is 2. The van der Waals surface area contributed by atoms with Gasteiger partial charge >= 0.3 is 0 Å². The SMILES string of the molecule is CCN(CC)CCc1ccccc1S(=O)(=O)Nc1ccc2c(c1)nc(CCc1ccc(C(=N)N)cc1)n2CCO. The highest BCUT2D eigenvalue weighted by atomic mass is 32.2. The topological polar surface area (TPSA) is 137 Å². The van der Waals surface area contributed by atoms with Crippen molar-refractivity contribution in [3.8, 4) is 0 Å². The number of amidine groups is 1. The van der Waals surface area contributed by atoms with E-state index in [-0.39, 0.29) is 17.3 Å². The van der Waals surface area contributed by atoms with Crippen LogP contribution in [0, 0.1) is 5.41 Å². The van der Waals surface area contributed by atoms with Gasteiger partial charge in [-0.1, -0.05) is 56.3 Å². The molecule has 0 aliphatic carbocycles. The number of sulfonamides is 1. The molecule has 10 heteroatoms. The molecule has 0 bridgehead atoms. The van der Waals surface area contributed by atoms with E-state index in [1.807, 2.05) is 47.0 Å². The van der Waals surface area contributed by atoms with Gasteiger partial charge in [0.25, 0.3) is 10.0 Å². The molecule has 40 heavy (non-hydrogen) atoms. The molecule has 0 aliphatic heterocycles. The largest absolute Gasteiger partial charge is 0.395 e. The third-order valence-corrected chi connectivity index (χ3v) is 8.64. The molecule has 4 aromatic rings. The molecular formula is C30H38N6O3S. The number of aryl methyl sites for hydroxylation is 2. The normalized spacial score (nSPS) is 11.8. The van der Waals surface area contributed by atoms with Gasteiger partial charge in [0, 0.05) is 25.1 Å². The van der Waals surface area contributed by atoms with Crippen LogP contribution in [0.15, 0.2) is 71.6 Å². The first-order chi connectivity index (χ1) is 19.2. The zero-order valence-corrected chi connectivity index (χ0v) is 23.9. The molecule has 1 aromatic heterocycles. The number of fused-ring (bicyclic) bond motifs is 1. The second-order valence-electron chi connectivity index (χ2n) is 9.71. The van der Waals surface area contributed by atoms with E-state index >= 15 is 0 Å². The third kappa shape index (κ3) is 6.88. The maximum atomic E-state index is 13.4. The number of hydrogen-bond donors (Lipinski definition) is 4. The average molecular weight is 563 g/mol. The highest BCUT2D eigenvalue weighted by Gasteiger charge is 2.20. The van der Waals surface area contributed by atoms with Crippen molar-refractivity contribution >= 4 is 32.6 Å². The number of rotatable bonds is 14. The van der Waals surface area contributed by atoms with Gasteiger partial charge in [0.2, 0.25) is 0 Å². The van der Waals surface area contributed by atoms with Crippen LogP contribution >= 0.6 is 0 Å². The number of aliphatic hydroxyl groups is 1. The molecule has 0 atom stereocenters. The van der Waals surface area contributed by atoms with Crippen LogP contribution in [0.3, 0.4) is 0 Å². The number of imidazole rings is 1. The lowest BCUT2D eigenvalue weighted by molar-refractivity contribution is 0.276. The first kappa shape index (κ1) is 29.3. The third-order valence-electron chi connectivity index (χ3n) is 7.16. The van der Waals surface area contributed by atoms with Crippen molar-refractivity contribution in [2.75, 3.05) is 31.0 Å². The smallest absolute Gasteiger partial charge is 0.262 e. The van der Waals surface area contributed by atoms with Crippen LogP contribution in [0.1, 0.15) is 36.4 Å². The quantitative estimate of drug-likeness (QED) is 0.136. The summed E-state index contributed by atoms with van der Waals surface area (Å²) >= 11 is 0. The van der Waals surface area contributed by atoms with Crippen LogP contribution in [-0.4, -0.2) is 60.1 Å². The van der Waals surface area contributed by atoms with E-state index in [4.69, 9.17) is 16.1 Å². The van der Waals surface area contributed by atoms with Crippen LogP contribution in [-0.2, 0) is 35.8 Å². The number of nitrogens with zero attached hydrogens (tertiary/aromatic N) is 3. The standard InChI is InChI=1S/C30H38N6O3S/c1-3-35(4-2)18-17-23-7-5-6-8-28(23)40(38,39)34-25-14-15-27-26(21-25)33-29(36(27)19-20-37)16-11-22-9-12-24(13-10-22)30(31)32/h5-10,12-15,21,34,37H,3-4,11,16-20H2,1-2H3,(H3,31,32). The van der Waals surface area contributed by atoms with Crippen LogP contribution in [0.2, 0.25) is 0 Å². The molecule has 1 heterocycles. The van der Waals surface area contributed by atoms with E-state index in [2.05, 4.69) is 23.5 Å². The van der Waals surface area contributed by atoms with Gasteiger partial charge in [-0.2, -0.15) is 0 Å². The minimum Gasteiger partial charge on any atom is -0.395 e. The van der Waals surface area contributed by atoms with Crippen molar-refractivity contribution in [1.29, 1.82) is 5.41 Å². The molecule has 212 valence electrons. The molecule has 0 saturated heterocycles. The lowest BCUT2D eigenvalue weighted by Crippen LogP contribution is -2.26. The number of nitrogen functional groups attached to an aromatic ring is 1. The minimum absolute atomic E-state index is 0.0332. The van der Waals surface area contributed by atoms with Crippen LogP contribution in [0.5, 0.6) is 0 Å². The van der Waals surface area contributed by atoms with Crippen molar-refractivity contribution in [1.82, 2.24) is 14.5 Å². The van der Waals surface area contributed by atoms with Gasteiger partial charge in [-0.15, -0.1) is 0 Å². The van der Waals surface area contributed by atoms with Gasteiger partial charge in [-0.05, 0) is 61.3 Å². The molecule has 9 nitrogen and oxygen atoms in total. The van der Waals surface area contributed by atoms with Crippen molar-refractivity contribution < 1.29 is 13.5 Å². The number of nitrogens with two attached hydrogens (primary N) is 1. The summed E-state index contributed by atoms with van der Waals surface area (Å²) in [5, 5.41) is 17.2. The molecular weight excluding hydrogens is 524 g/mol. The van der Waals surface area contributed by atoms with Gasteiger partial charge in [-0.3, -0.25) is 10.1 Å². The lowest BCUT2D eigenvalue weighted by Gasteiger charge is -2.19. The van der Waals surface area contributed by atoms with Gasteiger partial charge in [0.15, 0.2) is 0 Å². The molecule has 0 fully saturated rings. The predicted octanol–water partition coefficient (Wildman–Crippen LogP) is 3.78. The number of hydrogen-bond acceptors (Lipinski definition) is 6. The Hall–Kier alpha value is -3.73. The molecule has 0 saturated carbocycles. The van der Waals surface area contributed by atoms with Crippen LogP contribution in [0.25, 0.3) is 11.0 Å². The van der Waals surface area contributed by atoms with E-state index in [1.54, 1.807) is 24.3 Å². The van der Waals surface area contributed by atoms with E-state index in [0.29, 0.717) is 36.2 Å². The van der Waals surface area contributed by atoms with Gasteiger partial charge in [0.05, 0.1) is 28.2 Å². The highest BCUT2D eigenvalue weighted by molar-refractivity contribution is 7.92. The summed E-state index contributed by atoms with van der Waals surface area (Å²) in [6.07, 6.45) is 2.00. The number of anilines is 1. The maximum absolute atomic E-state index is 13.4. The second-order valence-corrected chi connectivity index (χ2v) is 11.4. The number of aromatic nitrogens is 2. The van der Waals surface area contributed by atoms with Gasteiger partial charge in [-0.25, -0.2) is 13.4 Å². The van der Waals surface area contributed by atoms with Crippen LogP contribution < -0.4 is 10.5 Å². The summed E-state index contributed by atoms with van der Waals surface area (Å²) in [6.45, 7) is 7.18. The Labute approximate surface area is 236 Å². The van der Waals surface area contributed by atoms with Crippen molar-refractivity contribution in [3.05, 3.63) is 89.2 Å². The van der Waals surface area contributed by atoms with E-state index in [9.17, 15) is 13.5 Å². The first-order valence-corrected chi connectivity index (χ1v) is 15.1. The highest BCUT2D eigenvalue weighted by Crippen LogP contribution is 2.25. The average Bonchev–Trinajstić information content (AvgIpc) is 3.29. The van der Waals surface area contributed by atoms with Crippen LogP contribution in [0.4, 0.5) is 5.69 Å². The first-order valence-electron chi connectivity index (χ1n) is 13.6. The Morgan fingerprint density at radius 2 is 1.75 bits per heavy atom.